The molecule has 12 N–H and O–H groups in total. The van der Waals surface area contributed by atoms with Gasteiger partial charge in [-0.1, -0.05) is 223 Å². The third kappa shape index (κ3) is 31.4. The van der Waals surface area contributed by atoms with E-state index >= 15 is 0 Å². The van der Waals surface area contributed by atoms with E-state index in [0.29, 0.717) is 12.8 Å². The van der Waals surface area contributed by atoms with Crippen molar-refractivity contribution in [2.75, 3.05) is 26.4 Å². The largest absolute Gasteiger partial charge is 0.394 e. The molecule has 0 radical (unpaired) electrons. The number of allylic oxidation sites excluding steroid dienone is 8. The van der Waals surface area contributed by atoms with Gasteiger partial charge in [-0.2, -0.15) is 0 Å². The van der Waals surface area contributed by atoms with Gasteiger partial charge in [-0.15, -0.1) is 0 Å². The maximum Gasteiger partial charge on any atom is 0.220 e. The van der Waals surface area contributed by atoms with Gasteiger partial charge in [-0.3, -0.25) is 4.79 Å². The molecule has 3 fully saturated rings. The second kappa shape index (κ2) is 48.6. The summed E-state index contributed by atoms with van der Waals surface area (Å²) in [5, 5.41) is 121. The molecule has 17 unspecified atom stereocenters. The molecule has 3 aliphatic rings. The molecule has 1 amide bonds. The highest BCUT2D eigenvalue weighted by Gasteiger charge is 2.53. The number of hydrogen-bond acceptors (Lipinski definition) is 18. The van der Waals surface area contributed by atoms with Crippen molar-refractivity contribution >= 4 is 5.91 Å². The molecule has 3 saturated heterocycles. The Morgan fingerprint density at radius 2 is 0.812 bits per heavy atom. The molecular weight excluding hydrogens is 1090 g/mol. The van der Waals surface area contributed by atoms with Gasteiger partial charge in [0, 0.05) is 6.42 Å². The van der Waals surface area contributed by atoms with Crippen LogP contribution in [0, 0.1) is 0 Å². The van der Waals surface area contributed by atoms with Crippen LogP contribution in [-0.2, 0) is 33.2 Å². The highest BCUT2D eigenvalue weighted by Crippen LogP contribution is 2.33. The Bertz CT molecular complexity index is 1740. The molecule has 0 spiro atoms. The molecular formula is C66H119NO18. The van der Waals surface area contributed by atoms with Crippen molar-refractivity contribution < 1.29 is 89.4 Å². The van der Waals surface area contributed by atoms with Gasteiger partial charge in [-0.05, 0) is 51.4 Å². The zero-order valence-corrected chi connectivity index (χ0v) is 52.1. The van der Waals surface area contributed by atoms with E-state index in [1.165, 1.54) is 116 Å². The Balaban J connectivity index is 1.46. The van der Waals surface area contributed by atoms with E-state index < -0.39 is 124 Å². The third-order valence-electron chi connectivity index (χ3n) is 16.7. The first-order valence-electron chi connectivity index (χ1n) is 33.4. The summed E-state index contributed by atoms with van der Waals surface area (Å²) in [7, 11) is 0. The minimum absolute atomic E-state index is 0.251. The van der Waals surface area contributed by atoms with Gasteiger partial charge in [0.25, 0.3) is 0 Å². The van der Waals surface area contributed by atoms with E-state index in [1.807, 2.05) is 0 Å². The lowest BCUT2D eigenvalue weighted by Crippen LogP contribution is -2.66. The number of unbranched alkanes of at least 4 members (excludes halogenated alkanes) is 26. The van der Waals surface area contributed by atoms with Crippen LogP contribution in [-0.4, -0.2) is 193 Å². The maximum absolute atomic E-state index is 13.4. The van der Waals surface area contributed by atoms with Crippen molar-refractivity contribution in [2.24, 2.45) is 0 Å². The Hall–Kier alpha value is -2.25. The molecule has 0 saturated carbocycles. The molecule has 3 heterocycles. The van der Waals surface area contributed by atoms with Crippen molar-refractivity contribution in [2.45, 2.75) is 336 Å². The predicted octanol–water partition coefficient (Wildman–Crippen LogP) is 7.83. The molecule has 496 valence electrons. The molecule has 0 aliphatic carbocycles. The number of aliphatic hydroxyl groups is 11. The summed E-state index contributed by atoms with van der Waals surface area (Å²) in [5.74, 6) is -0.251. The van der Waals surface area contributed by atoms with Crippen LogP contribution in [0.25, 0.3) is 0 Å². The van der Waals surface area contributed by atoms with Gasteiger partial charge in [-0.25, -0.2) is 0 Å². The molecule has 19 heteroatoms. The summed E-state index contributed by atoms with van der Waals surface area (Å²) >= 11 is 0. The zero-order valence-electron chi connectivity index (χ0n) is 52.1. The van der Waals surface area contributed by atoms with E-state index in [4.69, 9.17) is 28.4 Å². The van der Waals surface area contributed by atoms with Gasteiger partial charge in [0.1, 0.15) is 73.2 Å². The number of amides is 1. The summed E-state index contributed by atoms with van der Waals surface area (Å²) in [6.45, 7) is 1.69. The second-order valence-electron chi connectivity index (χ2n) is 23.9. The lowest BCUT2D eigenvalue weighted by molar-refractivity contribution is -0.379. The van der Waals surface area contributed by atoms with Crippen LogP contribution in [0.5, 0.6) is 0 Å². The van der Waals surface area contributed by atoms with E-state index in [-0.39, 0.29) is 18.9 Å². The normalized spacial score (nSPS) is 29.3. The number of carbonyl (C=O) groups excluding carboxylic acids is 1. The average molecular weight is 1210 g/mol. The van der Waals surface area contributed by atoms with Crippen LogP contribution in [0.2, 0.25) is 0 Å². The minimum atomic E-state index is -1.97. The second-order valence-corrected chi connectivity index (χ2v) is 23.9. The van der Waals surface area contributed by atoms with Crippen molar-refractivity contribution in [3.8, 4) is 0 Å². The summed E-state index contributed by atoms with van der Waals surface area (Å²) in [6, 6.07) is -0.893. The van der Waals surface area contributed by atoms with Gasteiger partial charge < -0.3 is 89.9 Å². The molecule has 0 aromatic heterocycles. The number of aliphatic hydroxyl groups excluding tert-OH is 11. The Morgan fingerprint density at radius 1 is 0.435 bits per heavy atom. The molecule has 19 nitrogen and oxygen atoms in total. The van der Waals surface area contributed by atoms with E-state index in [2.05, 4.69) is 67.8 Å². The van der Waals surface area contributed by atoms with Gasteiger partial charge in [0.2, 0.25) is 5.91 Å². The van der Waals surface area contributed by atoms with Crippen molar-refractivity contribution in [3.63, 3.8) is 0 Å². The number of nitrogens with one attached hydrogen (secondary N) is 1. The first-order valence-corrected chi connectivity index (χ1v) is 33.4. The standard InChI is InChI=1S/C66H119NO18/c1-3-5-7-9-11-13-15-17-19-21-23-24-26-28-30-32-34-36-38-40-42-44-54(72)67-49(50(71)43-41-39-37-35-33-31-29-27-25-22-20-18-16-14-12-10-8-6-4-2)48-80-64-60(78)57(75)62(52(46-69)82-64)85-66-61(79)58(76)63(53(47-70)83-66)84-65-59(77)56(74)55(73)51(45-68)81-65/h5,7,11,13,17,19,23-24,49-53,55-66,68-71,73-79H,3-4,6,8-10,12,14-16,18,20-22,25-48H2,1-2H3,(H,67,72)/b7-5-,13-11-,19-17-,24-23-. The number of carbonyl (C=O) groups is 1. The SMILES string of the molecule is CC/C=C\C/C=C\C/C=C\C/C=C\CCCCCCCCCCC(=O)NC(COC1OC(CO)C(OC2OC(CO)C(OC3OC(CO)C(O)C(O)C3O)C(O)C2O)C(O)C1O)C(O)CCCCCCCCCCCCCCCCCCCCC. The fourth-order valence-electron chi connectivity index (χ4n) is 11.2. The minimum Gasteiger partial charge on any atom is -0.394 e. The molecule has 0 aromatic carbocycles. The van der Waals surface area contributed by atoms with Crippen molar-refractivity contribution in [1.82, 2.24) is 5.32 Å². The third-order valence-corrected chi connectivity index (χ3v) is 16.7. The lowest BCUT2D eigenvalue weighted by atomic mass is 9.96. The Morgan fingerprint density at radius 3 is 1.27 bits per heavy atom. The first-order chi connectivity index (χ1) is 41.3. The summed E-state index contributed by atoms with van der Waals surface area (Å²) in [4.78, 5) is 13.4. The van der Waals surface area contributed by atoms with Crippen LogP contribution < -0.4 is 5.32 Å². The summed E-state index contributed by atoms with van der Waals surface area (Å²) in [6.07, 6.45) is 28.9. The zero-order chi connectivity index (χ0) is 61.9. The number of hydrogen-bond donors (Lipinski definition) is 12. The van der Waals surface area contributed by atoms with Crippen LogP contribution in [0.4, 0.5) is 0 Å². The smallest absolute Gasteiger partial charge is 0.220 e. The molecule has 3 aliphatic heterocycles. The van der Waals surface area contributed by atoms with Crippen molar-refractivity contribution in [1.29, 1.82) is 0 Å². The quantitative estimate of drug-likeness (QED) is 0.0204. The molecule has 17 atom stereocenters. The first kappa shape index (κ1) is 77.0. The van der Waals surface area contributed by atoms with Crippen molar-refractivity contribution in [3.05, 3.63) is 48.6 Å². The summed E-state index contributed by atoms with van der Waals surface area (Å²) < 4.78 is 34.4. The fourth-order valence-corrected chi connectivity index (χ4v) is 11.2. The van der Waals surface area contributed by atoms with Crippen LogP contribution >= 0.6 is 0 Å². The molecule has 0 bridgehead atoms. The van der Waals surface area contributed by atoms with E-state index in [0.717, 1.165) is 83.5 Å². The summed E-state index contributed by atoms with van der Waals surface area (Å²) in [5.41, 5.74) is 0. The lowest BCUT2D eigenvalue weighted by Gasteiger charge is -2.48. The molecule has 85 heavy (non-hydrogen) atoms. The predicted molar refractivity (Wildman–Crippen MR) is 328 cm³/mol. The topological polar surface area (TPSA) is 307 Å². The van der Waals surface area contributed by atoms with E-state index in [1.54, 1.807) is 0 Å². The Labute approximate surface area is 510 Å². The van der Waals surface area contributed by atoms with Gasteiger partial charge >= 0.3 is 0 Å². The average Bonchev–Trinajstić information content (AvgIpc) is 3.10. The van der Waals surface area contributed by atoms with Gasteiger partial charge in [0.15, 0.2) is 18.9 Å². The fraction of sp³-hybridized carbons (Fsp3) is 0.864. The molecule has 0 aromatic rings. The van der Waals surface area contributed by atoms with Crippen LogP contribution in [0.15, 0.2) is 48.6 Å². The molecule has 3 rings (SSSR count). The highest BCUT2D eigenvalue weighted by atomic mass is 16.8. The van der Waals surface area contributed by atoms with E-state index in [9.17, 15) is 61.0 Å². The van der Waals surface area contributed by atoms with Crippen LogP contribution in [0.1, 0.15) is 232 Å². The highest BCUT2D eigenvalue weighted by molar-refractivity contribution is 5.76. The monoisotopic (exact) mass is 1210 g/mol. The van der Waals surface area contributed by atoms with Crippen LogP contribution in [0.3, 0.4) is 0 Å². The number of ether oxygens (including phenoxy) is 6. The number of rotatable bonds is 50. The van der Waals surface area contributed by atoms with Gasteiger partial charge in [0.05, 0.1) is 38.6 Å². The maximum atomic E-state index is 13.4. The Kier molecular flexibility index (Phi) is 44.0.